The third-order valence-electron chi connectivity index (χ3n) is 2.54. The maximum atomic E-state index is 12.0. The normalized spacial score (nSPS) is 10.8. The van der Waals surface area contributed by atoms with E-state index in [1.54, 1.807) is 0 Å². The lowest BCUT2D eigenvalue weighted by atomic mass is 10.4. The standard InChI is InChI=1S/C11H19N3O4/c1-4-6-12-9(15)13(7-5-2)11(17)14(8-18-3)10(12)16/h4-8H2,1-3H3. The van der Waals surface area contributed by atoms with Crippen molar-refractivity contribution in [1.29, 1.82) is 0 Å². The summed E-state index contributed by atoms with van der Waals surface area (Å²) in [7, 11) is 1.39. The molecular weight excluding hydrogens is 238 g/mol. The molecule has 0 aliphatic heterocycles. The fourth-order valence-corrected chi connectivity index (χ4v) is 1.75. The first-order chi connectivity index (χ1) is 8.58. The predicted octanol–water partition coefficient (Wildman–Crippen LogP) is -0.404. The fraction of sp³-hybridized carbons (Fsp3) is 0.727. The molecule has 0 bridgehead atoms. The quantitative estimate of drug-likeness (QED) is 0.694. The third-order valence-corrected chi connectivity index (χ3v) is 2.54. The summed E-state index contributed by atoms with van der Waals surface area (Å²) < 4.78 is 7.93. The summed E-state index contributed by atoms with van der Waals surface area (Å²) in [5.41, 5.74) is -1.76. The van der Waals surface area contributed by atoms with Gasteiger partial charge in [0, 0.05) is 20.2 Å². The Morgan fingerprint density at radius 1 is 0.833 bits per heavy atom. The molecule has 0 aliphatic carbocycles. The van der Waals surface area contributed by atoms with Gasteiger partial charge in [0.05, 0.1) is 0 Å². The number of aromatic nitrogens is 3. The molecule has 0 fully saturated rings. The molecule has 0 aliphatic rings. The van der Waals surface area contributed by atoms with E-state index >= 15 is 0 Å². The molecule has 1 aromatic heterocycles. The van der Waals surface area contributed by atoms with Gasteiger partial charge in [0.15, 0.2) is 0 Å². The van der Waals surface area contributed by atoms with Crippen molar-refractivity contribution in [2.75, 3.05) is 7.11 Å². The lowest BCUT2D eigenvalue weighted by Gasteiger charge is -2.12. The van der Waals surface area contributed by atoms with Crippen molar-refractivity contribution in [2.45, 2.75) is 46.5 Å². The van der Waals surface area contributed by atoms with E-state index in [-0.39, 0.29) is 6.73 Å². The van der Waals surface area contributed by atoms with E-state index in [9.17, 15) is 14.4 Å². The lowest BCUT2D eigenvalue weighted by Crippen LogP contribution is -2.54. The van der Waals surface area contributed by atoms with Gasteiger partial charge in [0.1, 0.15) is 6.73 Å². The van der Waals surface area contributed by atoms with E-state index in [0.717, 1.165) is 13.7 Å². The number of hydrogen-bond donors (Lipinski definition) is 0. The predicted molar refractivity (Wildman–Crippen MR) is 66.8 cm³/mol. The van der Waals surface area contributed by atoms with Crippen LogP contribution in [0.4, 0.5) is 0 Å². The summed E-state index contributed by atoms with van der Waals surface area (Å²) in [6, 6.07) is 0. The maximum absolute atomic E-state index is 12.0. The van der Waals surface area contributed by atoms with Crippen LogP contribution in [0.15, 0.2) is 14.4 Å². The Morgan fingerprint density at radius 2 is 1.22 bits per heavy atom. The van der Waals surface area contributed by atoms with Crippen LogP contribution in [-0.2, 0) is 24.6 Å². The number of ether oxygens (including phenoxy) is 1. The SMILES string of the molecule is CCCn1c(=O)n(CCC)c(=O)n(COC)c1=O. The Kier molecular flexibility index (Phi) is 5.08. The molecule has 1 heterocycles. The van der Waals surface area contributed by atoms with Gasteiger partial charge in [-0.15, -0.1) is 0 Å². The first-order valence-corrected chi connectivity index (χ1v) is 6.01. The van der Waals surface area contributed by atoms with E-state index in [4.69, 9.17) is 4.74 Å². The monoisotopic (exact) mass is 257 g/mol. The highest BCUT2D eigenvalue weighted by atomic mass is 16.5. The molecule has 1 rings (SSSR count). The smallest absolute Gasteiger partial charge is 0.338 e. The molecule has 0 amide bonds. The van der Waals surface area contributed by atoms with Gasteiger partial charge in [-0.25, -0.2) is 28.1 Å². The Labute approximate surface area is 104 Å². The zero-order valence-electron chi connectivity index (χ0n) is 11.0. The average Bonchev–Trinajstić information content (AvgIpc) is 2.35. The summed E-state index contributed by atoms with van der Waals surface area (Å²) >= 11 is 0. The molecule has 0 atom stereocenters. The first-order valence-electron chi connectivity index (χ1n) is 6.01. The largest absolute Gasteiger partial charge is 0.364 e. The molecule has 0 unspecified atom stereocenters. The Hall–Kier alpha value is -1.63. The molecule has 0 aromatic carbocycles. The van der Waals surface area contributed by atoms with Gasteiger partial charge in [-0.2, -0.15) is 0 Å². The summed E-state index contributed by atoms with van der Waals surface area (Å²) in [4.78, 5) is 36.0. The summed E-state index contributed by atoms with van der Waals surface area (Å²) in [5, 5.41) is 0. The average molecular weight is 257 g/mol. The van der Waals surface area contributed by atoms with Crippen LogP contribution in [-0.4, -0.2) is 20.8 Å². The lowest BCUT2D eigenvalue weighted by molar-refractivity contribution is 0.118. The van der Waals surface area contributed by atoms with Crippen molar-refractivity contribution < 1.29 is 4.74 Å². The summed E-state index contributed by atoms with van der Waals surface area (Å²) in [6.45, 7) is 4.17. The number of nitrogens with zero attached hydrogens (tertiary/aromatic N) is 3. The highest BCUT2D eigenvalue weighted by Crippen LogP contribution is 1.83. The van der Waals surface area contributed by atoms with Gasteiger partial charge >= 0.3 is 17.1 Å². The molecule has 18 heavy (non-hydrogen) atoms. The van der Waals surface area contributed by atoms with Gasteiger partial charge < -0.3 is 4.74 Å². The van der Waals surface area contributed by atoms with Crippen LogP contribution in [0.25, 0.3) is 0 Å². The second-order valence-corrected chi connectivity index (χ2v) is 4.00. The van der Waals surface area contributed by atoms with Gasteiger partial charge in [-0.3, -0.25) is 0 Å². The van der Waals surface area contributed by atoms with Gasteiger partial charge in [-0.05, 0) is 12.8 Å². The van der Waals surface area contributed by atoms with Crippen LogP contribution in [0.1, 0.15) is 26.7 Å². The van der Waals surface area contributed by atoms with Crippen LogP contribution in [0.2, 0.25) is 0 Å². The van der Waals surface area contributed by atoms with Crippen molar-refractivity contribution in [3.63, 3.8) is 0 Å². The Balaban J connectivity index is 3.59. The molecule has 0 N–H and O–H groups in total. The highest BCUT2D eigenvalue weighted by Gasteiger charge is 2.13. The van der Waals surface area contributed by atoms with Crippen LogP contribution < -0.4 is 17.1 Å². The van der Waals surface area contributed by atoms with Crippen LogP contribution in [0.5, 0.6) is 0 Å². The van der Waals surface area contributed by atoms with Crippen molar-refractivity contribution in [3.8, 4) is 0 Å². The van der Waals surface area contributed by atoms with Gasteiger partial charge in [-0.1, -0.05) is 13.8 Å². The molecule has 0 spiro atoms. The van der Waals surface area contributed by atoms with Crippen molar-refractivity contribution >= 4 is 0 Å². The molecule has 0 saturated carbocycles. The van der Waals surface area contributed by atoms with E-state index in [0.29, 0.717) is 25.9 Å². The van der Waals surface area contributed by atoms with Crippen LogP contribution >= 0.6 is 0 Å². The summed E-state index contributed by atoms with van der Waals surface area (Å²) in [5.74, 6) is 0. The topological polar surface area (TPSA) is 75.2 Å². The fourth-order valence-electron chi connectivity index (χ4n) is 1.75. The molecule has 1 aromatic rings. The van der Waals surface area contributed by atoms with E-state index in [1.807, 2.05) is 13.8 Å². The second-order valence-electron chi connectivity index (χ2n) is 4.00. The molecule has 0 radical (unpaired) electrons. The highest BCUT2D eigenvalue weighted by molar-refractivity contribution is 4.78. The Bertz CT molecular complexity index is 456. The van der Waals surface area contributed by atoms with Gasteiger partial charge in [0.25, 0.3) is 0 Å². The van der Waals surface area contributed by atoms with Crippen LogP contribution in [0, 0.1) is 0 Å². The molecule has 7 heteroatoms. The minimum atomic E-state index is -0.610. The molecule has 0 saturated heterocycles. The van der Waals surface area contributed by atoms with E-state index in [2.05, 4.69) is 0 Å². The second kappa shape index (κ2) is 6.34. The van der Waals surface area contributed by atoms with E-state index in [1.165, 1.54) is 7.11 Å². The van der Waals surface area contributed by atoms with Crippen molar-refractivity contribution in [2.24, 2.45) is 0 Å². The van der Waals surface area contributed by atoms with E-state index < -0.39 is 17.1 Å². The van der Waals surface area contributed by atoms with Crippen molar-refractivity contribution in [1.82, 2.24) is 13.7 Å². The van der Waals surface area contributed by atoms with Gasteiger partial charge in [0.2, 0.25) is 0 Å². The number of hydrogen-bond acceptors (Lipinski definition) is 4. The number of methoxy groups -OCH3 is 1. The first kappa shape index (κ1) is 14.4. The Morgan fingerprint density at radius 3 is 1.56 bits per heavy atom. The zero-order valence-corrected chi connectivity index (χ0v) is 11.0. The minimum absolute atomic E-state index is 0.147. The van der Waals surface area contributed by atoms with Crippen molar-refractivity contribution in [3.05, 3.63) is 31.5 Å². The molecular formula is C11H19N3O4. The third kappa shape index (κ3) is 2.61. The van der Waals surface area contributed by atoms with Crippen LogP contribution in [0.3, 0.4) is 0 Å². The number of rotatable bonds is 6. The molecule has 7 nitrogen and oxygen atoms in total. The minimum Gasteiger partial charge on any atom is -0.364 e. The zero-order chi connectivity index (χ0) is 13.7. The molecule has 102 valence electrons. The maximum Gasteiger partial charge on any atom is 0.338 e. The summed E-state index contributed by atoms with van der Waals surface area (Å²) in [6.07, 6.45) is 1.29.